The Labute approximate surface area is 236 Å². The molecule has 1 aromatic rings. The molecule has 0 radical (unpaired) electrons. The minimum absolute atomic E-state index is 0.0332. The van der Waals surface area contributed by atoms with Gasteiger partial charge in [0.1, 0.15) is 12.6 Å². The predicted octanol–water partition coefficient (Wildman–Crippen LogP) is 6.95. The van der Waals surface area contributed by atoms with Crippen LogP contribution in [-0.2, 0) is 23.8 Å². The fourth-order valence-corrected chi connectivity index (χ4v) is 6.73. The van der Waals surface area contributed by atoms with Crippen LogP contribution >= 0.6 is 0 Å². The molecule has 40 heavy (non-hydrogen) atoms. The molecule has 1 heterocycles. The van der Waals surface area contributed by atoms with Crippen LogP contribution < -0.4 is 0 Å². The lowest BCUT2D eigenvalue weighted by Gasteiger charge is -2.57. The molecule has 0 bridgehead atoms. The van der Waals surface area contributed by atoms with E-state index < -0.39 is 27.2 Å². The maximum absolute atomic E-state index is 14.3. The van der Waals surface area contributed by atoms with Crippen molar-refractivity contribution < 1.29 is 40.0 Å². The highest BCUT2D eigenvalue weighted by Gasteiger charge is 2.56. The molecule has 1 amide bonds. The van der Waals surface area contributed by atoms with E-state index in [1.54, 1.807) is 24.3 Å². The van der Waals surface area contributed by atoms with E-state index in [0.717, 1.165) is 32.1 Å². The summed E-state index contributed by atoms with van der Waals surface area (Å²) in [5.74, 6) is -0.792. The third kappa shape index (κ3) is 7.39. The van der Waals surface area contributed by atoms with Crippen molar-refractivity contribution in [1.29, 1.82) is 0 Å². The summed E-state index contributed by atoms with van der Waals surface area (Å²) in [5, 5.41) is 0. The van der Waals surface area contributed by atoms with E-state index in [1.165, 1.54) is 13.2 Å². The Bertz CT molecular complexity index is 1090. The van der Waals surface area contributed by atoms with Crippen molar-refractivity contribution >= 4 is 16.0 Å². The molecule has 0 saturated heterocycles. The molecule has 1 saturated carbocycles. The minimum Gasteiger partial charge on any atom is -0.381 e. The summed E-state index contributed by atoms with van der Waals surface area (Å²) in [4.78, 5) is 16.1. The van der Waals surface area contributed by atoms with Gasteiger partial charge in [-0.25, -0.2) is 0 Å². The fourth-order valence-electron chi connectivity index (χ4n) is 6.24. The number of hydrogen-bond acceptors (Lipinski definition) is 6. The molecule has 226 valence electrons. The average molecular weight is 590 g/mol. The predicted molar refractivity (Wildman–Crippen MR) is 146 cm³/mol. The third-order valence-electron chi connectivity index (χ3n) is 7.97. The highest BCUT2D eigenvalue weighted by Crippen LogP contribution is 2.50. The minimum atomic E-state index is -5.88. The molecular formula is C29H42F3NO6S. The zero-order valence-corrected chi connectivity index (χ0v) is 24.4. The Balaban J connectivity index is 2.21. The van der Waals surface area contributed by atoms with Crippen LogP contribution in [0.4, 0.5) is 13.2 Å². The van der Waals surface area contributed by atoms with E-state index in [0.29, 0.717) is 37.7 Å². The van der Waals surface area contributed by atoms with Crippen molar-refractivity contribution in [1.82, 2.24) is 4.90 Å². The van der Waals surface area contributed by atoms with Crippen molar-refractivity contribution in [3.05, 3.63) is 47.7 Å². The lowest BCUT2D eigenvalue weighted by Crippen LogP contribution is -2.65. The second-order valence-electron chi connectivity index (χ2n) is 10.7. The quantitative estimate of drug-likeness (QED) is 0.107. The number of benzene rings is 1. The number of carbonyl (C=O) groups is 1. The second-order valence-corrected chi connectivity index (χ2v) is 12.3. The van der Waals surface area contributed by atoms with E-state index in [2.05, 4.69) is 0 Å². The Morgan fingerprint density at radius 1 is 1.07 bits per heavy atom. The first-order valence-corrected chi connectivity index (χ1v) is 15.6. The lowest BCUT2D eigenvalue weighted by atomic mass is 9.65. The molecular weight excluding hydrogens is 547 g/mol. The average Bonchev–Trinajstić information content (AvgIpc) is 2.91. The molecule has 0 unspecified atom stereocenters. The zero-order chi connectivity index (χ0) is 29.4. The summed E-state index contributed by atoms with van der Waals surface area (Å²) in [6.07, 6.45) is 8.15. The van der Waals surface area contributed by atoms with E-state index >= 15 is 0 Å². The standard InChI is InChI=1S/C29H42F3NO6S/c1-4-6-9-15-23-19-24(39-40(35,36)29(30,31)32)20-28(33(23)27(34)22-13-10-8-11-14-22)18-12-17-26(38-21-37-3)25(28)16-7-5-2/h8,10-11,13-14,20,23,25-26H,4-7,9,12,15-19,21H2,1-3H3/t23-,25-,26+,28-/m0/s1. The molecule has 3 rings (SSSR count). The van der Waals surface area contributed by atoms with E-state index in [-0.39, 0.29) is 36.9 Å². The second kappa shape index (κ2) is 14.2. The van der Waals surface area contributed by atoms with Crippen LogP contribution in [0, 0.1) is 5.92 Å². The molecule has 2 aliphatic rings. The van der Waals surface area contributed by atoms with Crippen LogP contribution in [0.1, 0.15) is 94.8 Å². The van der Waals surface area contributed by atoms with Gasteiger partial charge in [-0.05, 0) is 50.3 Å². The van der Waals surface area contributed by atoms with E-state index in [9.17, 15) is 26.4 Å². The summed E-state index contributed by atoms with van der Waals surface area (Å²) in [7, 11) is -4.36. The van der Waals surface area contributed by atoms with Gasteiger partial charge in [-0.15, -0.1) is 0 Å². The SMILES string of the molecule is CCCCC[C@H]1CC(OS(=O)(=O)C(F)(F)F)=C[C@]2(CCC[C@@H](OCOC)[C@@H]2CCCC)N1C(=O)c1ccccc1. The van der Waals surface area contributed by atoms with Crippen molar-refractivity contribution in [2.45, 2.75) is 108 Å². The van der Waals surface area contributed by atoms with Gasteiger partial charge in [0.25, 0.3) is 5.91 Å². The number of amides is 1. The van der Waals surface area contributed by atoms with Crippen molar-refractivity contribution in [3.63, 3.8) is 0 Å². The Morgan fingerprint density at radius 3 is 2.40 bits per heavy atom. The van der Waals surface area contributed by atoms with Gasteiger partial charge in [0.15, 0.2) is 0 Å². The Kier molecular flexibility index (Phi) is 11.5. The normalized spacial score (nSPS) is 25.6. The van der Waals surface area contributed by atoms with Crippen molar-refractivity contribution in [2.75, 3.05) is 13.9 Å². The first kappa shape index (κ1) is 32.4. The summed E-state index contributed by atoms with van der Waals surface area (Å²) in [6.45, 7) is 4.12. The van der Waals surface area contributed by atoms with Crippen LogP contribution in [0.25, 0.3) is 0 Å². The Hall–Kier alpha value is -2.11. The highest BCUT2D eigenvalue weighted by molar-refractivity contribution is 7.87. The molecule has 0 aromatic heterocycles. The number of hydrogen-bond donors (Lipinski definition) is 0. The number of ether oxygens (including phenoxy) is 2. The molecule has 4 atom stereocenters. The number of unbranched alkanes of at least 4 members (excludes halogenated alkanes) is 3. The maximum atomic E-state index is 14.3. The highest BCUT2D eigenvalue weighted by atomic mass is 32.2. The monoisotopic (exact) mass is 589 g/mol. The van der Waals surface area contributed by atoms with Gasteiger partial charge in [0.2, 0.25) is 0 Å². The number of rotatable bonds is 13. The van der Waals surface area contributed by atoms with Crippen LogP contribution in [0.5, 0.6) is 0 Å². The van der Waals surface area contributed by atoms with Crippen LogP contribution in [0.3, 0.4) is 0 Å². The first-order valence-electron chi connectivity index (χ1n) is 14.2. The van der Waals surface area contributed by atoms with Crippen molar-refractivity contribution in [2.24, 2.45) is 5.92 Å². The summed E-state index contributed by atoms with van der Waals surface area (Å²) < 4.78 is 80.6. The maximum Gasteiger partial charge on any atom is 0.534 e. The lowest BCUT2D eigenvalue weighted by molar-refractivity contribution is -0.135. The van der Waals surface area contributed by atoms with Crippen LogP contribution in [-0.4, -0.2) is 56.3 Å². The number of carbonyl (C=O) groups excluding carboxylic acids is 1. The molecule has 7 nitrogen and oxygen atoms in total. The molecule has 1 aromatic carbocycles. The first-order chi connectivity index (χ1) is 19.0. The number of halogens is 3. The third-order valence-corrected chi connectivity index (χ3v) is 8.97. The van der Waals surface area contributed by atoms with Gasteiger partial charge in [-0.1, -0.05) is 64.2 Å². The van der Waals surface area contributed by atoms with E-state index in [4.69, 9.17) is 13.7 Å². The summed E-state index contributed by atoms with van der Waals surface area (Å²) >= 11 is 0. The number of methoxy groups -OCH3 is 1. The van der Waals surface area contributed by atoms with Gasteiger partial charge >= 0.3 is 15.6 Å². The van der Waals surface area contributed by atoms with Crippen LogP contribution in [0.2, 0.25) is 0 Å². The Morgan fingerprint density at radius 2 is 1.77 bits per heavy atom. The van der Waals surface area contributed by atoms with Gasteiger partial charge in [0.05, 0.1) is 11.6 Å². The molecule has 1 spiro atoms. The molecule has 11 heteroatoms. The molecule has 1 fully saturated rings. The van der Waals surface area contributed by atoms with Gasteiger partial charge in [0, 0.05) is 31.1 Å². The number of alkyl halides is 3. The van der Waals surface area contributed by atoms with E-state index in [1.807, 2.05) is 24.8 Å². The topological polar surface area (TPSA) is 82.1 Å². The zero-order valence-electron chi connectivity index (χ0n) is 23.6. The largest absolute Gasteiger partial charge is 0.534 e. The number of nitrogens with zero attached hydrogens (tertiary/aromatic N) is 1. The van der Waals surface area contributed by atoms with Gasteiger partial charge < -0.3 is 18.6 Å². The molecule has 1 aliphatic carbocycles. The molecule has 0 N–H and O–H groups in total. The van der Waals surface area contributed by atoms with Gasteiger partial charge in [-0.3, -0.25) is 4.79 Å². The summed E-state index contributed by atoms with van der Waals surface area (Å²) in [5.41, 5.74) is -6.18. The molecule has 1 aliphatic heterocycles. The van der Waals surface area contributed by atoms with Crippen molar-refractivity contribution in [3.8, 4) is 0 Å². The van der Waals surface area contributed by atoms with Crippen LogP contribution in [0.15, 0.2) is 42.2 Å². The fraction of sp³-hybridized carbons (Fsp3) is 0.690. The van der Waals surface area contributed by atoms with Gasteiger partial charge in [-0.2, -0.15) is 21.6 Å². The smallest absolute Gasteiger partial charge is 0.381 e. The summed E-state index contributed by atoms with van der Waals surface area (Å²) in [6, 6.07) is 8.27.